The number of alkyl carbamates (subject to hydrolysis) is 1. The second-order valence-corrected chi connectivity index (χ2v) is 8.35. The predicted octanol–water partition coefficient (Wildman–Crippen LogP) is 3.10. The summed E-state index contributed by atoms with van der Waals surface area (Å²) in [6.07, 6.45) is 0.425. The molecule has 168 valence electrons. The maximum absolute atomic E-state index is 12.7. The molecule has 0 spiro atoms. The molecule has 0 radical (unpaired) electrons. The molecular weight excluding hydrogens is 402 g/mol. The van der Waals surface area contributed by atoms with Crippen LogP contribution in [0.1, 0.15) is 44.7 Å². The van der Waals surface area contributed by atoms with Crippen molar-refractivity contribution >= 4 is 18.0 Å². The summed E-state index contributed by atoms with van der Waals surface area (Å²) in [5, 5.41) is 6.35. The normalized spacial score (nSPS) is 18.1. The minimum atomic E-state index is -0.739. The fourth-order valence-electron chi connectivity index (χ4n) is 3.38. The quantitative estimate of drug-likeness (QED) is 0.306. The molecular formula is C21H29N5O5. The Labute approximate surface area is 181 Å². The van der Waals surface area contributed by atoms with Crippen LogP contribution >= 0.6 is 0 Å². The minimum absolute atomic E-state index is 0.194. The van der Waals surface area contributed by atoms with Crippen molar-refractivity contribution in [3.05, 3.63) is 45.8 Å². The number of hydrogen-bond donors (Lipinski definition) is 1. The number of carbonyl (C=O) groups is 3. The molecule has 31 heavy (non-hydrogen) atoms. The third-order valence-electron chi connectivity index (χ3n) is 4.74. The summed E-state index contributed by atoms with van der Waals surface area (Å²) in [6.45, 7) is 5.89. The first-order chi connectivity index (χ1) is 14.6. The summed E-state index contributed by atoms with van der Waals surface area (Å²) in [4.78, 5) is 40.8. The molecule has 0 saturated carbocycles. The van der Waals surface area contributed by atoms with E-state index >= 15 is 0 Å². The first-order valence-corrected chi connectivity index (χ1v) is 10.1. The lowest BCUT2D eigenvalue weighted by molar-refractivity contribution is -0.150. The van der Waals surface area contributed by atoms with E-state index < -0.39 is 29.7 Å². The molecule has 1 fully saturated rings. The number of azide groups is 1. The van der Waals surface area contributed by atoms with Crippen molar-refractivity contribution in [2.45, 2.75) is 64.3 Å². The molecule has 10 heteroatoms. The molecule has 1 saturated heterocycles. The van der Waals surface area contributed by atoms with E-state index in [4.69, 9.17) is 15.0 Å². The highest BCUT2D eigenvalue weighted by Gasteiger charge is 2.39. The molecule has 0 aliphatic carbocycles. The molecule has 1 aromatic rings. The number of nitrogens with one attached hydrogen (secondary N) is 1. The Balaban J connectivity index is 1.94. The fourth-order valence-corrected chi connectivity index (χ4v) is 3.38. The Kier molecular flexibility index (Phi) is 8.27. The van der Waals surface area contributed by atoms with Crippen molar-refractivity contribution in [3.63, 3.8) is 0 Å². The molecule has 2 amide bonds. The lowest BCUT2D eigenvalue weighted by Crippen LogP contribution is -2.41. The zero-order chi connectivity index (χ0) is 23.0. The highest BCUT2D eigenvalue weighted by molar-refractivity contribution is 5.85. The van der Waals surface area contributed by atoms with Crippen LogP contribution in [0.3, 0.4) is 0 Å². The Morgan fingerprint density at radius 3 is 2.65 bits per heavy atom. The Morgan fingerprint density at radius 2 is 2.00 bits per heavy atom. The van der Waals surface area contributed by atoms with Gasteiger partial charge < -0.3 is 19.7 Å². The van der Waals surface area contributed by atoms with Gasteiger partial charge in [0.05, 0.1) is 13.2 Å². The summed E-state index contributed by atoms with van der Waals surface area (Å²) in [5.41, 5.74) is 9.89. The lowest BCUT2D eigenvalue weighted by Gasteiger charge is -2.22. The molecule has 1 N–H and O–H groups in total. The second kappa shape index (κ2) is 10.7. The standard InChI is InChI=1S/C21H29N5O5/c1-21(2,3)31-20(29)23-12-15-7-5-6-14(10-15)8-9-18(27)26-13-16(24-25-22)11-17(26)19(28)30-4/h5-7,10,16-17H,8-9,11-13H2,1-4H3,(H,23,29). The van der Waals surface area contributed by atoms with Crippen molar-refractivity contribution in [1.82, 2.24) is 10.2 Å². The molecule has 2 atom stereocenters. The summed E-state index contributed by atoms with van der Waals surface area (Å²) >= 11 is 0. The number of hydrogen-bond acceptors (Lipinski definition) is 6. The van der Waals surface area contributed by atoms with Gasteiger partial charge in [0.25, 0.3) is 0 Å². The third-order valence-corrected chi connectivity index (χ3v) is 4.74. The smallest absolute Gasteiger partial charge is 0.407 e. The molecule has 2 rings (SSSR count). The summed E-state index contributed by atoms with van der Waals surface area (Å²) < 4.78 is 10.0. The Bertz CT molecular complexity index is 860. The summed E-state index contributed by atoms with van der Waals surface area (Å²) in [7, 11) is 1.27. The maximum atomic E-state index is 12.7. The van der Waals surface area contributed by atoms with E-state index in [-0.39, 0.29) is 25.3 Å². The average molecular weight is 431 g/mol. The number of ether oxygens (including phenoxy) is 2. The zero-order valence-electron chi connectivity index (χ0n) is 18.3. The van der Waals surface area contributed by atoms with Crippen LogP contribution in [0.25, 0.3) is 10.4 Å². The van der Waals surface area contributed by atoms with Crippen LogP contribution in [-0.4, -0.2) is 54.2 Å². The zero-order valence-corrected chi connectivity index (χ0v) is 18.3. The van der Waals surface area contributed by atoms with Gasteiger partial charge in [-0.3, -0.25) is 4.79 Å². The SMILES string of the molecule is COC(=O)C1CC(N=[N+]=[N-])CN1C(=O)CCc1cccc(CNC(=O)OC(C)(C)C)c1. The van der Waals surface area contributed by atoms with Crippen LogP contribution in [0, 0.1) is 0 Å². The molecule has 0 bridgehead atoms. The van der Waals surface area contributed by atoms with Crippen LogP contribution in [-0.2, 0) is 32.0 Å². The summed E-state index contributed by atoms with van der Waals surface area (Å²) in [6, 6.07) is 6.36. The highest BCUT2D eigenvalue weighted by Crippen LogP contribution is 2.23. The molecule has 1 aromatic carbocycles. The monoisotopic (exact) mass is 431 g/mol. The first-order valence-electron chi connectivity index (χ1n) is 10.1. The van der Waals surface area contributed by atoms with E-state index in [9.17, 15) is 14.4 Å². The van der Waals surface area contributed by atoms with Crippen molar-refractivity contribution < 1.29 is 23.9 Å². The van der Waals surface area contributed by atoms with E-state index in [2.05, 4.69) is 15.3 Å². The van der Waals surface area contributed by atoms with Crippen LogP contribution in [0.5, 0.6) is 0 Å². The van der Waals surface area contributed by atoms with Crippen molar-refractivity contribution in [3.8, 4) is 0 Å². The van der Waals surface area contributed by atoms with Gasteiger partial charge in [0, 0.05) is 24.4 Å². The van der Waals surface area contributed by atoms with Crippen LogP contribution in [0.15, 0.2) is 29.4 Å². The number of likely N-dealkylation sites (tertiary alicyclic amines) is 1. The maximum Gasteiger partial charge on any atom is 0.407 e. The third kappa shape index (κ3) is 7.49. The largest absolute Gasteiger partial charge is 0.467 e. The number of amides is 2. The predicted molar refractivity (Wildman–Crippen MR) is 113 cm³/mol. The van der Waals surface area contributed by atoms with Crippen molar-refractivity contribution in [2.75, 3.05) is 13.7 Å². The van der Waals surface area contributed by atoms with Gasteiger partial charge >= 0.3 is 12.1 Å². The number of nitrogens with zero attached hydrogens (tertiary/aromatic N) is 4. The number of aryl methyl sites for hydroxylation is 1. The molecule has 2 unspecified atom stereocenters. The Morgan fingerprint density at radius 1 is 1.29 bits per heavy atom. The van der Waals surface area contributed by atoms with E-state index in [1.54, 1.807) is 20.8 Å². The van der Waals surface area contributed by atoms with Gasteiger partial charge in [-0.25, -0.2) is 9.59 Å². The highest BCUT2D eigenvalue weighted by atomic mass is 16.6. The minimum Gasteiger partial charge on any atom is -0.467 e. The number of methoxy groups -OCH3 is 1. The fraction of sp³-hybridized carbons (Fsp3) is 0.571. The van der Waals surface area contributed by atoms with Gasteiger partial charge in [0.15, 0.2) is 0 Å². The summed E-state index contributed by atoms with van der Waals surface area (Å²) in [5.74, 6) is -0.720. The molecule has 1 aliphatic rings. The van der Waals surface area contributed by atoms with Crippen molar-refractivity contribution in [1.29, 1.82) is 0 Å². The second-order valence-electron chi connectivity index (χ2n) is 8.35. The topological polar surface area (TPSA) is 134 Å². The number of esters is 1. The van der Waals surface area contributed by atoms with Crippen LogP contribution in [0.4, 0.5) is 4.79 Å². The molecule has 0 aromatic heterocycles. The van der Waals surface area contributed by atoms with Gasteiger partial charge in [-0.15, -0.1) is 0 Å². The Hall–Kier alpha value is -3.26. The van der Waals surface area contributed by atoms with Gasteiger partial charge in [-0.05, 0) is 50.3 Å². The van der Waals surface area contributed by atoms with Crippen LogP contribution < -0.4 is 5.32 Å². The molecule has 1 heterocycles. The van der Waals surface area contributed by atoms with Gasteiger partial charge in [-0.1, -0.05) is 29.4 Å². The van der Waals surface area contributed by atoms with E-state index in [1.807, 2.05) is 24.3 Å². The van der Waals surface area contributed by atoms with E-state index in [1.165, 1.54) is 12.0 Å². The molecule has 10 nitrogen and oxygen atoms in total. The van der Waals surface area contributed by atoms with Crippen LogP contribution in [0.2, 0.25) is 0 Å². The van der Waals surface area contributed by atoms with Gasteiger partial charge in [0.1, 0.15) is 11.6 Å². The van der Waals surface area contributed by atoms with Crippen molar-refractivity contribution in [2.24, 2.45) is 5.11 Å². The average Bonchev–Trinajstić information content (AvgIpc) is 3.13. The van der Waals surface area contributed by atoms with Gasteiger partial charge in [-0.2, -0.15) is 0 Å². The van der Waals surface area contributed by atoms with Gasteiger partial charge in [0.2, 0.25) is 5.91 Å². The lowest BCUT2D eigenvalue weighted by atomic mass is 10.1. The van der Waals surface area contributed by atoms with E-state index in [0.717, 1.165) is 11.1 Å². The number of carbonyl (C=O) groups excluding carboxylic acids is 3. The molecule has 1 aliphatic heterocycles. The van der Waals surface area contributed by atoms with E-state index in [0.29, 0.717) is 13.0 Å². The number of rotatable bonds is 7. The first kappa shape index (κ1) is 24.0. The number of benzene rings is 1.